The molecule has 2 saturated carbocycles. The van der Waals surface area contributed by atoms with Gasteiger partial charge in [0.25, 0.3) is 0 Å². The number of carbonyl (C=O) groups excluding carboxylic acids is 1. The third kappa shape index (κ3) is 3.62. The predicted octanol–water partition coefficient (Wildman–Crippen LogP) is 2.86. The quantitative estimate of drug-likeness (QED) is 0.824. The first kappa shape index (κ1) is 17.4. The van der Waals surface area contributed by atoms with E-state index in [1.165, 1.54) is 19.3 Å². The number of aliphatic carboxylic acids is 1. The molecule has 2 unspecified atom stereocenters. The molecule has 0 spiro atoms. The molecule has 0 aromatic carbocycles. The highest BCUT2D eigenvalue weighted by Crippen LogP contribution is 2.44. The number of carboxylic acids is 1. The highest BCUT2D eigenvalue weighted by Gasteiger charge is 2.54. The minimum Gasteiger partial charge on any atom is -0.481 e. The third-order valence-electron chi connectivity index (χ3n) is 5.75. The maximum absolute atomic E-state index is 13.0. The van der Waals surface area contributed by atoms with E-state index in [4.69, 9.17) is 5.11 Å². The normalized spacial score (nSPS) is 34.2. The van der Waals surface area contributed by atoms with E-state index in [9.17, 15) is 22.8 Å². The largest absolute Gasteiger partial charge is 0.481 e. The van der Waals surface area contributed by atoms with Gasteiger partial charge in [0, 0.05) is 19.1 Å². The van der Waals surface area contributed by atoms with E-state index < -0.39 is 36.6 Å². The van der Waals surface area contributed by atoms with Crippen molar-refractivity contribution < 1.29 is 27.9 Å². The van der Waals surface area contributed by atoms with Crippen LogP contribution in [0.25, 0.3) is 0 Å². The Labute approximate surface area is 138 Å². The second-order valence-electron chi connectivity index (χ2n) is 7.35. The summed E-state index contributed by atoms with van der Waals surface area (Å²) in [5, 5.41) is 11.8. The molecule has 2 N–H and O–H groups in total. The van der Waals surface area contributed by atoms with Crippen molar-refractivity contribution >= 4 is 12.0 Å². The van der Waals surface area contributed by atoms with E-state index in [0.29, 0.717) is 11.8 Å². The highest BCUT2D eigenvalue weighted by molar-refractivity contribution is 5.78. The van der Waals surface area contributed by atoms with E-state index in [1.807, 2.05) is 0 Å². The summed E-state index contributed by atoms with van der Waals surface area (Å²) in [5.74, 6) is -4.03. The minimum absolute atomic E-state index is 0.0359. The number of urea groups is 1. The van der Waals surface area contributed by atoms with E-state index in [2.05, 4.69) is 5.32 Å². The van der Waals surface area contributed by atoms with Crippen molar-refractivity contribution in [3.05, 3.63) is 0 Å². The van der Waals surface area contributed by atoms with Crippen molar-refractivity contribution in [3.63, 3.8) is 0 Å². The topological polar surface area (TPSA) is 69.6 Å². The molecule has 0 aromatic rings. The summed E-state index contributed by atoms with van der Waals surface area (Å²) in [7, 11) is 0. The van der Waals surface area contributed by atoms with E-state index >= 15 is 0 Å². The van der Waals surface area contributed by atoms with Crippen LogP contribution in [0.3, 0.4) is 0 Å². The van der Waals surface area contributed by atoms with Crippen molar-refractivity contribution in [2.24, 2.45) is 23.7 Å². The molecule has 24 heavy (non-hydrogen) atoms. The van der Waals surface area contributed by atoms with Crippen LogP contribution in [0.5, 0.6) is 0 Å². The molecular weight excluding hydrogens is 325 g/mol. The molecule has 3 fully saturated rings. The number of likely N-dealkylation sites (tertiary alicyclic amines) is 1. The lowest BCUT2D eigenvalue weighted by Gasteiger charge is -2.22. The lowest BCUT2D eigenvalue weighted by molar-refractivity contribution is -0.187. The van der Waals surface area contributed by atoms with Gasteiger partial charge in [-0.3, -0.25) is 4.79 Å². The number of nitrogens with zero attached hydrogens (tertiary/aromatic N) is 1. The van der Waals surface area contributed by atoms with Crippen molar-refractivity contribution in [2.45, 2.75) is 50.7 Å². The average Bonchev–Trinajstić information content (AvgIpc) is 3.11. The molecule has 136 valence electrons. The van der Waals surface area contributed by atoms with Crippen LogP contribution in [0.2, 0.25) is 0 Å². The number of halogens is 3. The number of carbonyl (C=O) groups is 2. The van der Waals surface area contributed by atoms with Crippen LogP contribution in [-0.2, 0) is 4.79 Å². The Bertz CT molecular complexity index is 505. The minimum atomic E-state index is -4.61. The summed E-state index contributed by atoms with van der Waals surface area (Å²) in [4.78, 5) is 24.3. The lowest BCUT2D eigenvalue weighted by Crippen LogP contribution is -2.41. The van der Waals surface area contributed by atoms with Gasteiger partial charge in [0.05, 0.1) is 11.8 Å². The van der Waals surface area contributed by atoms with Gasteiger partial charge in [-0.15, -0.1) is 0 Å². The zero-order valence-corrected chi connectivity index (χ0v) is 13.4. The number of nitrogens with one attached hydrogen (secondary N) is 1. The maximum Gasteiger partial charge on any atom is 0.394 e. The first-order chi connectivity index (χ1) is 11.3. The van der Waals surface area contributed by atoms with E-state index in [0.717, 1.165) is 24.2 Å². The smallest absolute Gasteiger partial charge is 0.394 e. The van der Waals surface area contributed by atoms with Crippen LogP contribution in [0.15, 0.2) is 0 Å². The first-order valence-electron chi connectivity index (χ1n) is 8.62. The van der Waals surface area contributed by atoms with Gasteiger partial charge in [-0.05, 0) is 18.3 Å². The molecule has 4 atom stereocenters. The Morgan fingerprint density at radius 3 is 2.29 bits per heavy atom. The summed E-state index contributed by atoms with van der Waals surface area (Å²) in [6, 6.07) is -0.523. The molecule has 2 amide bonds. The molecule has 0 bridgehead atoms. The van der Waals surface area contributed by atoms with Crippen LogP contribution in [0.4, 0.5) is 18.0 Å². The number of alkyl halides is 3. The van der Waals surface area contributed by atoms with Gasteiger partial charge in [0.2, 0.25) is 0 Å². The first-order valence-corrected chi connectivity index (χ1v) is 8.62. The number of hydrogen-bond donors (Lipinski definition) is 2. The standard InChI is InChI=1S/C16H23F3N2O3/c17-16(18,19)12-8-21(7-11(12)14(22)23)15(24)20-13-6-10(13)9-4-2-1-3-5-9/h9-13H,1-8H2,(H,20,24)(H,22,23)/t10?,11-,12-,13?/m1/s1. The molecule has 0 aromatic heterocycles. The molecule has 5 nitrogen and oxygen atoms in total. The third-order valence-corrected chi connectivity index (χ3v) is 5.75. The van der Waals surface area contributed by atoms with Gasteiger partial charge in [-0.25, -0.2) is 4.79 Å². The number of amides is 2. The predicted molar refractivity (Wildman–Crippen MR) is 79.2 cm³/mol. The van der Waals surface area contributed by atoms with Crippen molar-refractivity contribution in [1.29, 1.82) is 0 Å². The van der Waals surface area contributed by atoms with Gasteiger partial charge in [0.1, 0.15) is 0 Å². The number of rotatable bonds is 3. The lowest BCUT2D eigenvalue weighted by atomic mass is 9.85. The second-order valence-corrected chi connectivity index (χ2v) is 7.35. The van der Waals surface area contributed by atoms with Gasteiger partial charge >= 0.3 is 18.2 Å². The second kappa shape index (κ2) is 6.44. The summed E-state index contributed by atoms with van der Waals surface area (Å²) in [6.45, 7) is -0.959. The summed E-state index contributed by atoms with van der Waals surface area (Å²) < 4.78 is 38.9. The van der Waals surface area contributed by atoms with Crippen LogP contribution >= 0.6 is 0 Å². The van der Waals surface area contributed by atoms with Gasteiger partial charge in [-0.2, -0.15) is 13.2 Å². The zero-order valence-electron chi connectivity index (χ0n) is 13.4. The van der Waals surface area contributed by atoms with Crippen molar-refractivity contribution in [2.75, 3.05) is 13.1 Å². The molecule has 3 rings (SSSR count). The van der Waals surface area contributed by atoms with E-state index in [-0.39, 0.29) is 12.6 Å². The molecule has 1 heterocycles. The van der Waals surface area contributed by atoms with Crippen LogP contribution in [0.1, 0.15) is 38.5 Å². The summed E-state index contributed by atoms with van der Waals surface area (Å²) in [5.41, 5.74) is 0. The molecule has 8 heteroatoms. The Morgan fingerprint density at radius 1 is 1.08 bits per heavy atom. The zero-order chi connectivity index (χ0) is 17.5. The molecular formula is C16H23F3N2O3. The molecule has 1 aliphatic heterocycles. The Hall–Kier alpha value is -1.47. The Balaban J connectivity index is 1.53. The average molecular weight is 348 g/mol. The SMILES string of the molecule is O=C(O)[C@@H]1CN(C(=O)NC2CC2C2CCCCC2)C[C@H]1C(F)(F)F. The van der Waals surface area contributed by atoms with Gasteiger partial charge in [0.15, 0.2) is 0 Å². The van der Waals surface area contributed by atoms with E-state index in [1.54, 1.807) is 0 Å². The Kier molecular flexibility index (Phi) is 4.66. The fourth-order valence-corrected chi connectivity index (χ4v) is 4.27. The fraction of sp³-hybridized carbons (Fsp3) is 0.875. The maximum atomic E-state index is 13.0. The van der Waals surface area contributed by atoms with Crippen LogP contribution in [-0.4, -0.2) is 47.3 Å². The molecule has 0 radical (unpaired) electrons. The van der Waals surface area contributed by atoms with Gasteiger partial charge in [-0.1, -0.05) is 32.1 Å². The summed E-state index contributed by atoms with van der Waals surface area (Å²) in [6.07, 6.45) is 2.28. The fourth-order valence-electron chi connectivity index (χ4n) is 4.27. The van der Waals surface area contributed by atoms with Gasteiger partial charge < -0.3 is 15.3 Å². The molecule has 2 aliphatic carbocycles. The van der Waals surface area contributed by atoms with Crippen molar-refractivity contribution in [3.8, 4) is 0 Å². The Morgan fingerprint density at radius 2 is 1.75 bits per heavy atom. The van der Waals surface area contributed by atoms with Crippen molar-refractivity contribution in [1.82, 2.24) is 10.2 Å². The molecule has 3 aliphatic rings. The molecule has 1 saturated heterocycles. The summed E-state index contributed by atoms with van der Waals surface area (Å²) >= 11 is 0. The monoisotopic (exact) mass is 348 g/mol. The highest BCUT2D eigenvalue weighted by atomic mass is 19.4. The van der Waals surface area contributed by atoms with Crippen LogP contribution < -0.4 is 5.32 Å². The number of carboxylic acid groups (broad SMARTS) is 1. The number of hydrogen-bond acceptors (Lipinski definition) is 2. The van der Waals surface area contributed by atoms with Crippen LogP contribution in [0, 0.1) is 23.7 Å².